The summed E-state index contributed by atoms with van der Waals surface area (Å²) in [6.45, 7) is 6.46. The second-order valence-electron chi connectivity index (χ2n) is 6.19. The Labute approximate surface area is 142 Å². The fourth-order valence-corrected chi connectivity index (χ4v) is 3.20. The molecule has 2 aromatic rings. The van der Waals surface area contributed by atoms with Crippen LogP contribution < -0.4 is 0 Å². The van der Waals surface area contributed by atoms with E-state index in [1.807, 2.05) is 35.8 Å². The molecule has 1 aliphatic heterocycles. The zero-order valence-electron chi connectivity index (χ0n) is 14.6. The van der Waals surface area contributed by atoms with Gasteiger partial charge in [0, 0.05) is 51.6 Å². The predicted molar refractivity (Wildman–Crippen MR) is 89.4 cm³/mol. The average molecular weight is 331 g/mol. The number of aromatic nitrogens is 4. The number of hydrogen-bond acceptors (Lipinski definition) is 4. The highest BCUT2D eigenvalue weighted by Crippen LogP contribution is 2.21. The third kappa shape index (κ3) is 3.51. The Kier molecular flexibility index (Phi) is 4.99. The van der Waals surface area contributed by atoms with Crippen LogP contribution in [0.3, 0.4) is 0 Å². The fourth-order valence-electron chi connectivity index (χ4n) is 3.20. The van der Waals surface area contributed by atoms with E-state index in [2.05, 4.69) is 21.5 Å². The minimum absolute atomic E-state index is 0.152. The van der Waals surface area contributed by atoms with Crippen LogP contribution in [0.25, 0.3) is 0 Å². The van der Waals surface area contributed by atoms with E-state index in [1.54, 1.807) is 6.20 Å². The van der Waals surface area contributed by atoms with E-state index in [4.69, 9.17) is 4.74 Å². The van der Waals surface area contributed by atoms with Crippen molar-refractivity contribution in [2.75, 3.05) is 19.7 Å². The van der Waals surface area contributed by atoms with Crippen LogP contribution in [-0.4, -0.2) is 49.6 Å². The molecule has 7 nitrogen and oxygen atoms in total. The summed E-state index contributed by atoms with van der Waals surface area (Å²) >= 11 is 0. The number of rotatable bonds is 5. The maximum atomic E-state index is 12.6. The van der Waals surface area contributed by atoms with E-state index < -0.39 is 0 Å². The molecule has 7 heteroatoms. The summed E-state index contributed by atoms with van der Waals surface area (Å²) in [5.41, 5.74) is 0.965. The molecule has 24 heavy (non-hydrogen) atoms. The molecule has 0 radical (unpaired) electrons. The van der Waals surface area contributed by atoms with Gasteiger partial charge in [-0.3, -0.25) is 4.79 Å². The van der Waals surface area contributed by atoms with Crippen LogP contribution in [0.2, 0.25) is 0 Å². The number of aryl methyl sites for hydroxylation is 4. The first-order chi connectivity index (χ1) is 11.6. The molecule has 0 saturated carbocycles. The first-order valence-corrected chi connectivity index (χ1v) is 8.47. The molecule has 1 fully saturated rings. The molecule has 0 aliphatic carbocycles. The van der Waals surface area contributed by atoms with Gasteiger partial charge in [0.1, 0.15) is 17.8 Å². The Balaban J connectivity index is 1.60. The van der Waals surface area contributed by atoms with E-state index >= 15 is 0 Å². The lowest BCUT2D eigenvalue weighted by molar-refractivity contribution is -0.139. The molecule has 2 aromatic heterocycles. The number of carbonyl (C=O) groups excluding carboxylic acids is 1. The molecule has 0 unspecified atom stereocenters. The van der Waals surface area contributed by atoms with Gasteiger partial charge in [-0.2, -0.15) is 0 Å². The standard InChI is InChI=1S/C17H25N5O2/c1-4-15-18-6-8-21(15)7-5-16(23)22-9-10-24-14(12-22)17-19-13(2)11-20(17)3/h6,8,11,14H,4-5,7,9-10,12H2,1-3H3/t14-/m0/s1. The van der Waals surface area contributed by atoms with E-state index in [0.29, 0.717) is 32.7 Å². The Hall–Kier alpha value is -2.15. The molecule has 0 aromatic carbocycles. The monoisotopic (exact) mass is 331 g/mol. The lowest BCUT2D eigenvalue weighted by atomic mass is 10.2. The van der Waals surface area contributed by atoms with Crippen LogP contribution in [-0.2, 0) is 29.5 Å². The van der Waals surface area contributed by atoms with Crippen LogP contribution >= 0.6 is 0 Å². The number of morpholine rings is 1. The molecule has 0 spiro atoms. The van der Waals surface area contributed by atoms with E-state index in [1.165, 1.54) is 0 Å². The van der Waals surface area contributed by atoms with Gasteiger partial charge in [0.15, 0.2) is 0 Å². The zero-order valence-corrected chi connectivity index (χ0v) is 14.6. The number of amides is 1. The number of ether oxygens (including phenoxy) is 1. The Bertz CT molecular complexity index is 706. The van der Waals surface area contributed by atoms with Gasteiger partial charge in [-0.05, 0) is 6.92 Å². The van der Waals surface area contributed by atoms with Gasteiger partial charge in [-0.1, -0.05) is 6.92 Å². The van der Waals surface area contributed by atoms with Crippen molar-refractivity contribution in [1.82, 2.24) is 24.0 Å². The highest BCUT2D eigenvalue weighted by Gasteiger charge is 2.28. The highest BCUT2D eigenvalue weighted by atomic mass is 16.5. The topological polar surface area (TPSA) is 65.2 Å². The van der Waals surface area contributed by atoms with Crippen molar-refractivity contribution in [3.8, 4) is 0 Å². The van der Waals surface area contributed by atoms with Crippen molar-refractivity contribution in [3.63, 3.8) is 0 Å². The smallest absolute Gasteiger partial charge is 0.224 e. The van der Waals surface area contributed by atoms with Crippen molar-refractivity contribution in [3.05, 3.63) is 35.9 Å². The summed E-state index contributed by atoms with van der Waals surface area (Å²) in [7, 11) is 1.96. The van der Waals surface area contributed by atoms with Gasteiger partial charge >= 0.3 is 0 Å². The third-order valence-corrected chi connectivity index (χ3v) is 4.42. The Morgan fingerprint density at radius 2 is 2.29 bits per heavy atom. The van der Waals surface area contributed by atoms with Crippen LogP contribution in [0, 0.1) is 6.92 Å². The van der Waals surface area contributed by atoms with Gasteiger partial charge in [-0.25, -0.2) is 9.97 Å². The molecule has 0 N–H and O–H groups in total. The minimum atomic E-state index is -0.152. The first-order valence-electron chi connectivity index (χ1n) is 8.47. The molecule has 1 aliphatic rings. The van der Waals surface area contributed by atoms with Gasteiger partial charge in [0.05, 0.1) is 18.8 Å². The van der Waals surface area contributed by atoms with E-state index in [-0.39, 0.29) is 12.0 Å². The number of carbonyl (C=O) groups is 1. The predicted octanol–water partition coefficient (Wildman–Crippen LogP) is 1.48. The number of imidazole rings is 2. The lowest BCUT2D eigenvalue weighted by Crippen LogP contribution is -2.43. The van der Waals surface area contributed by atoms with Crippen molar-refractivity contribution in [2.45, 2.75) is 39.3 Å². The van der Waals surface area contributed by atoms with E-state index in [9.17, 15) is 4.79 Å². The number of nitrogens with zero attached hydrogens (tertiary/aromatic N) is 5. The van der Waals surface area contributed by atoms with Crippen molar-refractivity contribution >= 4 is 5.91 Å². The summed E-state index contributed by atoms with van der Waals surface area (Å²) in [5.74, 6) is 2.06. The largest absolute Gasteiger partial charge is 0.367 e. The zero-order chi connectivity index (χ0) is 17.1. The quantitative estimate of drug-likeness (QED) is 0.832. The Morgan fingerprint density at radius 1 is 1.46 bits per heavy atom. The van der Waals surface area contributed by atoms with Crippen LogP contribution in [0.1, 0.15) is 36.8 Å². The second kappa shape index (κ2) is 7.17. The molecular formula is C17H25N5O2. The van der Waals surface area contributed by atoms with Gasteiger partial charge in [0.2, 0.25) is 5.91 Å². The van der Waals surface area contributed by atoms with Crippen molar-refractivity contribution < 1.29 is 9.53 Å². The van der Waals surface area contributed by atoms with Gasteiger partial charge < -0.3 is 18.8 Å². The van der Waals surface area contributed by atoms with Crippen molar-refractivity contribution in [1.29, 1.82) is 0 Å². The number of hydrogen-bond donors (Lipinski definition) is 0. The fraction of sp³-hybridized carbons (Fsp3) is 0.588. The van der Waals surface area contributed by atoms with Crippen LogP contribution in [0.15, 0.2) is 18.6 Å². The second-order valence-corrected chi connectivity index (χ2v) is 6.19. The molecule has 1 atom stereocenters. The molecule has 3 rings (SSSR count). The molecular weight excluding hydrogens is 306 g/mol. The highest BCUT2D eigenvalue weighted by molar-refractivity contribution is 5.76. The molecule has 130 valence electrons. The maximum absolute atomic E-state index is 12.6. The minimum Gasteiger partial charge on any atom is -0.367 e. The Morgan fingerprint density at radius 3 is 3.00 bits per heavy atom. The normalized spacial score (nSPS) is 18.1. The SMILES string of the molecule is CCc1nccn1CCC(=O)N1CCO[C@H](c2nc(C)cn2C)C1. The summed E-state index contributed by atoms with van der Waals surface area (Å²) < 4.78 is 9.87. The molecule has 1 amide bonds. The molecule has 1 saturated heterocycles. The average Bonchev–Trinajstić information content (AvgIpc) is 3.18. The van der Waals surface area contributed by atoms with E-state index in [0.717, 1.165) is 23.8 Å². The van der Waals surface area contributed by atoms with Gasteiger partial charge in [-0.15, -0.1) is 0 Å². The van der Waals surface area contributed by atoms with Gasteiger partial charge in [0.25, 0.3) is 0 Å². The third-order valence-electron chi connectivity index (χ3n) is 4.42. The first kappa shape index (κ1) is 16.7. The summed E-state index contributed by atoms with van der Waals surface area (Å²) in [5, 5.41) is 0. The van der Waals surface area contributed by atoms with Crippen LogP contribution in [0.4, 0.5) is 0 Å². The summed E-state index contributed by atoms with van der Waals surface area (Å²) in [4.78, 5) is 23.3. The van der Waals surface area contributed by atoms with Crippen molar-refractivity contribution in [2.24, 2.45) is 7.05 Å². The maximum Gasteiger partial charge on any atom is 0.224 e. The summed E-state index contributed by atoms with van der Waals surface area (Å²) in [6, 6.07) is 0. The summed E-state index contributed by atoms with van der Waals surface area (Å²) in [6.07, 6.45) is 6.91. The molecule has 0 bridgehead atoms. The molecule has 3 heterocycles. The van der Waals surface area contributed by atoms with Crippen LogP contribution in [0.5, 0.6) is 0 Å². The lowest BCUT2D eigenvalue weighted by Gasteiger charge is -2.32.